The molecule has 0 spiro atoms. The van der Waals surface area contributed by atoms with Crippen LogP contribution in [0.1, 0.15) is 12.0 Å². The molecule has 0 fully saturated rings. The number of hydrogen-bond acceptors (Lipinski definition) is 4. The van der Waals surface area contributed by atoms with Crippen LogP contribution in [0.5, 0.6) is 5.75 Å². The number of nitro groups is 1. The first kappa shape index (κ1) is 11.6. The molecule has 0 amide bonds. The Morgan fingerprint density at radius 1 is 1.67 bits per heavy atom. The second-order valence-corrected chi connectivity index (χ2v) is 2.80. The number of nitrogens with zero attached hydrogens (tertiary/aromatic N) is 2. The van der Waals surface area contributed by atoms with Gasteiger partial charge in [0.15, 0.2) is 10.9 Å². The molecule has 5 nitrogen and oxygen atoms in total. The van der Waals surface area contributed by atoms with E-state index in [9.17, 15) is 18.9 Å². The summed E-state index contributed by atoms with van der Waals surface area (Å²) < 4.78 is 29.6. The second-order valence-electron chi connectivity index (χ2n) is 2.44. The molecular formula is C7H5ClF2N2O3. The Balaban J connectivity index is 3.49. The molecule has 0 aliphatic carbocycles. The van der Waals surface area contributed by atoms with Gasteiger partial charge in [-0.25, -0.2) is 13.8 Å². The molecule has 0 saturated carbocycles. The number of ether oxygens (including phenoxy) is 1. The highest BCUT2D eigenvalue weighted by Gasteiger charge is 2.29. The van der Waals surface area contributed by atoms with E-state index in [0.717, 1.165) is 7.11 Å². The third kappa shape index (κ3) is 2.12. The maximum atomic E-state index is 12.5. The van der Waals surface area contributed by atoms with Crippen molar-refractivity contribution in [3.63, 3.8) is 0 Å². The van der Waals surface area contributed by atoms with E-state index < -0.39 is 28.3 Å². The minimum absolute atomic E-state index is 0.335. The van der Waals surface area contributed by atoms with Crippen molar-refractivity contribution in [2.75, 3.05) is 7.11 Å². The Kier molecular flexibility index (Phi) is 3.35. The van der Waals surface area contributed by atoms with Gasteiger partial charge in [0, 0.05) is 0 Å². The molecule has 0 unspecified atom stereocenters. The van der Waals surface area contributed by atoms with E-state index >= 15 is 0 Å². The minimum atomic E-state index is -3.05. The monoisotopic (exact) mass is 238 g/mol. The molecule has 8 heteroatoms. The molecule has 0 aliphatic heterocycles. The molecular weight excluding hydrogens is 234 g/mol. The smallest absolute Gasteiger partial charge is 0.300 e. The van der Waals surface area contributed by atoms with Crippen molar-refractivity contribution in [1.29, 1.82) is 0 Å². The van der Waals surface area contributed by atoms with Crippen LogP contribution < -0.4 is 4.74 Å². The van der Waals surface area contributed by atoms with E-state index in [0.29, 0.717) is 6.20 Å². The van der Waals surface area contributed by atoms with Crippen molar-refractivity contribution in [1.82, 2.24) is 4.98 Å². The van der Waals surface area contributed by atoms with Crippen molar-refractivity contribution in [3.8, 4) is 5.75 Å². The summed E-state index contributed by atoms with van der Waals surface area (Å²) >= 11 is 5.46. The predicted octanol–water partition coefficient (Wildman–Crippen LogP) is 2.59. The Morgan fingerprint density at radius 3 is 2.67 bits per heavy atom. The predicted molar refractivity (Wildman–Crippen MR) is 47.4 cm³/mol. The van der Waals surface area contributed by atoms with E-state index in [4.69, 9.17) is 11.6 Å². The van der Waals surface area contributed by atoms with Crippen molar-refractivity contribution in [2.45, 2.75) is 6.43 Å². The fourth-order valence-electron chi connectivity index (χ4n) is 1.02. The maximum absolute atomic E-state index is 12.5. The lowest BCUT2D eigenvalue weighted by Crippen LogP contribution is -2.01. The van der Waals surface area contributed by atoms with E-state index in [-0.39, 0.29) is 5.15 Å². The van der Waals surface area contributed by atoms with Crippen LogP contribution in [0.25, 0.3) is 0 Å². The first-order chi connectivity index (χ1) is 6.99. The molecule has 82 valence electrons. The van der Waals surface area contributed by atoms with Crippen LogP contribution in [-0.2, 0) is 0 Å². The molecule has 15 heavy (non-hydrogen) atoms. The lowest BCUT2D eigenvalue weighted by molar-refractivity contribution is -0.386. The molecule has 0 N–H and O–H groups in total. The normalized spacial score (nSPS) is 10.5. The number of methoxy groups -OCH3 is 1. The fourth-order valence-corrected chi connectivity index (χ4v) is 1.25. The summed E-state index contributed by atoms with van der Waals surface area (Å²) in [5.41, 5.74) is -1.67. The minimum Gasteiger partial charge on any atom is -0.493 e. The number of aromatic nitrogens is 1. The van der Waals surface area contributed by atoms with Crippen LogP contribution >= 0.6 is 11.6 Å². The van der Waals surface area contributed by atoms with Crippen molar-refractivity contribution in [3.05, 3.63) is 27.0 Å². The van der Waals surface area contributed by atoms with Crippen molar-refractivity contribution >= 4 is 17.3 Å². The van der Waals surface area contributed by atoms with E-state index in [2.05, 4.69) is 9.72 Å². The van der Waals surface area contributed by atoms with Crippen LogP contribution in [0.15, 0.2) is 6.20 Å². The topological polar surface area (TPSA) is 65.3 Å². The van der Waals surface area contributed by atoms with Gasteiger partial charge in [-0.2, -0.15) is 0 Å². The molecule has 1 aromatic heterocycles. The van der Waals surface area contributed by atoms with Crippen LogP contribution in [0.2, 0.25) is 5.15 Å². The number of halogens is 3. The van der Waals surface area contributed by atoms with E-state index in [1.54, 1.807) is 0 Å². The summed E-state index contributed by atoms with van der Waals surface area (Å²) in [6.45, 7) is 0. The summed E-state index contributed by atoms with van der Waals surface area (Å²) in [6, 6.07) is 0. The van der Waals surface area contributed by atoms with Crippen molar-refractivity contribution < 1.29 is 18.4 Å². The third-order valence-corrected chi connectivity index (χ3v) is 1.90. The highest BCUT2D eigenvalue weighted by Crippen LogP contribution is 2.39. The second kappa shape index (κ2) is 4.35. The van der Waals surface area contributed by atoms with E-state index in [1.165, 1.54) is 0 Å². The fraction of sp³-hybridized carbons (Fsp3) is 0.286. The Bertz CT molecular complexity index is 400. The van der Waals surface area contributed by atoms with Crippen molar-refractivity contribution in [2.24, 2.45) is 0 Å². The first-order valence-corrected chi connectivity index (χ1v) is 4.01. The highest BCUT2D eigenvalue weighted by molar-refractivity contribution is 6.31. The number of alkyl halides is 2. The lowest BCUT2D eigenvalue weighted by atomic mass is 10.2. The number of pyridine rings is 1. The Hall–Kier alpha value is -1.50. The summed E-state index contributed by atoms with van der Waals surface area (Å²) in [5, 5.41) is 10.1. The molecule has 0 atom stereocenters. The van der Waals surface area contributed by atoms with Gasteiger partial charge in [0.1, 0.15) is 11.8 Å². The zero-order chi connectivity index (χ0) is 11.6. The SMILES string of the molecule is COc1c(Cl)ncc([N+](=O)[O-])c1C(F)F. The largest absolute Gasteiger partial charge is 0.493 e. The standard InChI is InChI=1S/C7H5ClF2N2O3/c1-15-5-4(7(9)10)3(12(13)14)2-11-6(5)8/h2,7H,1H3. The van der Waals surface area contributed by atoms with Gasteiger partial charge < -0.3 is 4.74 Å². The molecule has 1 heterocycles. The van der Waals surface area contributed by atoms with Gasteiger partial charge in [0.2, 0.25) is 0 Å². The third-order valence-electron chi connectivity index (χ3n) is 1.63. The zero-order valence-electron chi connectivity index (χ0n) is 7.41. The van der Waals surface area contributed by atoms with Gasteiger partial charge in [-0.05, 0) is 0 Å². The zero-order valence-corrected chi connectivity index (χ0v) is 8.16. The van der Waals surface area contributed by atoms with Crippen LogP contribution in [0.3, 0.4) is 0 Å². The molecule has 0 aliphatic rings. The van der Waals surface area contributed by atoms with Gasteiger partial charge in [-0.3, -0.25) is 10.1 Å². The quantitative estimate of drug-likeness (QED) is 0.461. The maximum Gasteiger partial charge on any atom is 0.300 e. The lowest BCUT2D eigenvalue weighted by Gasteiger charge is -2.08. The number of hydrogen-bond donors (Lipinski definition) is 0. The Labute approximate surface area is 87.8 Å². The molecule has 0 saturated heterocycles. The molecule has 1 rings (SSSR count). The van der Waals surface area contributed by atoms with E-state index in [1.807, 2.05) is 0 Å². The van der Waals surface area contributed by atoms with Gasteiger partial charge in [-0.1, -0.05) is 11.6 Å². The molecule has 0 radical (unpaired) electrons. The molecule has 0 bridgehead atoms. The van der Waals surface area contributed by atoms with Gasteiger partial charge >= 0.3 is 0 Å². The molecule has 0 aromatic carbocycles. The summed E-state index contributed by atoms with van der Waals surface area (Å²) in [5.74, 6) is -0.471. The van der Waals surface area contributed by atoms with Gasteiger partial charge in [0.05, 0.1) is 12.0 Å². The summed E-state index contributed by atoms with van der Waals surface area (Å²) in [4.78, 5) is 12.9. The average molecular weight is 239 g/mol. The van der Waals surface area contributed by atoms with Crippen LogP contribution in [0, 0.1) is 10.1 Å². The van der Waals surface area contributed by atoms with Gasteiger partial charge in [-0.15, -0.1) is 0 Å². The first-order valence-electron chi connectivity index (χ1n) is 3.64. The highest BCUT2D eigenvalue weighted by atomic mass is 35.5. The molecule has 1 aromatic rings. The Morgan fingerprint density at radius 2 is 2.27 bits per heavy atom. The summed E-state index contributed by atoms with van der Waals surface area (Å²) in [6.07, 6.45) is -2.38. The van der Waals surface area contributed by atoms with Crippen LogP contribution in [0.4, 0.5) is 14.5 Å². The average Bonchev–Trinajstić information content (AvgIpc) is 2.16. The van der Waals surface area contributed by atoms with Crippen LogP contribution in [-0.4, -0.2) is 17.0 Å². The van der Waals surface area contributed by atoms with Gasteiger partial charge in [0.25, 0.3) is 12.1 Å². The summed E-state index contributed by atoms with van der Waals surface area (Å²) in [7, 11) is 1.08. The number of rotatable bonds is 3.